The van der Waals surface area contributed by atoms with E-state index in [0.29, 0.717) is 12.8 Å². The van der Waals surface area contributed by atoms with E-state index in [-0.39, 0.29) is 12.4 Å². The maximum atomic E-state index is 12.9. The van der Waals surface area contributed by atoms with Crippen molar-refractivity contribution in [2.75, 3.05) is 19.7 Å². The molecule has 0 amide bonds. The van der Waals surface area contributed by atoms with Crippen molar-refractivity contribution in [1.82, 2.24) is 4.90 Å². The number of halogens is 1. The molecule has 0 saturated carbocycles. The van der Waals surface area contributed by atoms with Crippen LogP contribution in [0.25, 0.3) is 0 Å². The van der Waals surface area contributed by atoms with Crippen molar-refractivity contribution < 1.29 is 14.3 Å². The summed E-state index contributed by atoms with van der Waals surface area (Å²) in [5.41, 5.74) is -0.559. The minimum Gasteiger partial charge on any atom is -0.465 e. The third-order valence-corrected chi connectivity index (χ3v) is 5.29. The SMILES string of the molecule is C=CC[C@]12CCCN1CCC(Br)(C(=O)OCC)C2=O. The Morgan fingerprint density at radius 2 is 2.26 bits per heavy atom. The predicted octanol–water partition coefficient (Wildman–Crippen LogP) is 2.07. The minimum absolute atomic E-state index is 0.0536. The summed E-state index contributed by atoms with van der Waals surface area (Å²) < 4.78 is 3.90. The number of esters is 1. The Kier molecular flexibility index (Phi) is 4.16. The molecule has 0 aromatic rings. The van der Waals surface area contributed by atoms with Gasteiger partial charge >= 0.3 is 5.97 Å². The molecule has 0 N–H and O–H groups in total. The molecule has 0 aliphatic carbocycles. The number of ether oxygens (including phenoxy) is 1. The molecule has 2 atom stereocenters. The van der Waals surface area contributed by atoms with Gasteiger partial charge in [-0.2, -0.15) is 0 Å². The second kappa shape index (κ2) is 5.37. The lowest BCUT2D eigenvalue weighted by Gasteiger charge is -2.46. The van der Waals surface area contributed by atoms with Gasteiger partial charge in [-0.3, -0.25) is 14.5 Å². The van der Waals surface area contributed by atoms with E-state index in [1.54, 1.807) is 13.0 Å². The quantitative estimate of drug-likeness (QED) is 0.343. The van der Waals surface area contributed by atoms with E-state index in [4.69, 9.17) is 4.74 Å². The molecule has 2 aliphatic heterocycles. The van der Waals surface area contributed by atoms with Crippen molar-refractivity contribution in [3.05, 3.63) is 12.7 Å². The molecule has 2 saturated heterocycles. The van der Waals surface area contributed by atoms with E-state index in [9.17, 15) is 9.59 Å². The average molecular weight is 330 g/mol. The van der Waals surface area contributed by atoms with Gasteiger partial charge in [0.25, 0.3) is 0 Å². The van der Waals surface area contributed by atoms with Gasteiger partial charge in [0, 0.05) is 6.54 Å². The summed E-state index contributed by atoms with van der Waals surface area (Å²) in [4.78, 5) is 27.3. The largest absolute Gasteiger partial charge is 0.465 e. The van der Waals surface area contributed by atoms with Crippen LogP contribution in [-0.4, -0.2) is 46.2 Å². The van der Waals surface area contributed by atoms with Crippen LogP contribution in [0.5, 0.6) is 0 Å². The normalized spacial score (nSPS) is 34.9. The molecular formula is C14H20BrNO3. The molecule has 19 heavy (non-hydrogen) atoms. The zero-order valence-corrected chi connectivity index (χ0v) is 12.9. The molecule has 2 heterocycles. The van der Waals surface area contributed by atoms with Gasteiger partial charge in [-0.15, -0.1) is 6.58 Å². The summed E-state index contributed by atoms with van der Waals surface area (Å²) in [7, 11) is 0. The van der Waals surface area contributed by atoms with Gasteiger partial charge < -0.3 is 4.74 Å². The maximum Gasteiger partial charge on any atom is 0.330 e. The fourth-order valence-electron chi connectivity index (χ4n) is 3.29. The van der Waals surface area contributed by atoms with E-state index in [1.807, 2.05) is 0 Å². The van der Waals surface area contributed by atoms with Crippen molar-refractivity contribution in [2.24, 2.45) is 0 Å². The number of Topliss-reactive ketones (excluding diaryl/α,β-unsaturated/α-hetero) is 1. The Balaban J connectivity index is 2.33. The number of nitrogens with zero attached hydrogens (tertiary/aromatic N) is 1. The van der Waals surface area contributed by atoms with Crippen LogP contribution in [0.3, 0.4) is 0 Å². The Morgan fingerprint density at radius 3 is 2.89 bits per heavy atom. The molecule has 0 aromatic carbocycles. The van der Waals surface area contributed by atoms with Gasteiger partial charge in [0.15, 0.2) is 10.1 Å². The molecule has 0 spiro atoms. The van der Waals surface area contributed by atoms with Crippen LogP contribution >= 0.6 is 15.9 Å². The van der Waals surface area contributed by atoms with Gasteiger partial charge in [0.05, 0.1) is 12.1 Å². The fourth-order valence-corrected chi connectivity index (χ4v) is 3.95. The Morgan fingerprint density at radius 1 is 1.53 bits per heavy atom. The van der Waals surface area contributed by atoms with Crippen molar-refractivity contribution in [2.45, 2.75) is 42.5 Å². The highest BCUT2D eigenvalue weighted by Gasteiger charge is 2.60. The molecule has 106 valence electrons. The smallest absolute Gasteiger partial charge is 0.330 e. The van der Waals surface area contributed by atoms with Crippen LogP contribution in [-0.2, 0) is 14.3 Å². The van der Waals surface area contributed by atoms with Crippen molar-refractivity contribution in [1.29, 1.82) is 0 Å². The zero-order valence-electron chi connectivity index (χ0n) is 11.3. The summed E-state index contributed by atoms with van der Waals surface area (Å²) >= 11 is 3.38. The highest BCUT2D eigenvalue weighted by Crippen LogP contribution is 2.45. The van der Waals surface area contributed by atoms with Crippen LogP contribution in [0, 0.1) is 0 Å². The van der Waals surface area contributed by atoms with Crippen LogP contribution in [0.1, 0.15) is 32.6 Å². The first-order valence-electron chi connectivity index (χ1n) is 6.78. The topological polar surface area (TPSA) is 46.6 Å². The number of ketones is 1. The van der Waals surface area contributed by atoms with Crippen LogP contribution < -0.4 is 0 Å². The molecule has 0 radical (unpaired) electrons. The first kappa shape index (κ1) is 14.7. The lowest BCUT2D eigenvalue weighted by atomic mass is 9.76. The van der Waals surface area contributed by atoms with Crippen molar-refractivity contribution in [3.8, 4) is 0 Å². The lowest BCUT2D eigenvalue weighted by Crippen LogP contribution is -2.64. The minimum atomic E-state index is -1.17. The zero-order chi connectivity index (χ0) is 14.1. The average Bonchev–Trinajstić information content (AvgIpc) is 2.79. The highest BCUT2D eigenvalue weighted by molar-refractivity contribution is 9.10. The number of rotatable bonds is 4. The number of hydrogen-bond acceptors (Lipinski definition) is 4. The number of piperidine rings is 1. The molecule has 4 nitrogen and oxygen atoms in total. The third-order valence-electron chi connectivity index (χ3n) is 4.21. The summed E-state index contributed by atoms with van der Waals surface area (Å²) in [5.74, 6) is -0.503. The molecule has 0 bridgehead atoms. The van der Waals surface area contributed by atoms with Crippen LogP contribution in [0.15, 0.2) is 12.7 Å². The summed E-state index contributed by atoms with van der Waals surface area (Å²) in [5, 5.41) is 0. The molecule has 2 aliphatic rings. The van der Waals surface area contributed by atoms with Crippen molar-refractivity contribution in [3.63, 3.8) is 0 Å². The van der Waals surface area contributed by atoms with E-state index in [2.05, 4.69) is 27.4 Å². The Labute approximate surface area is 122 Å². The van der Waals surface area contributed by atoms with Crippen molar-refractivity contribution >= 4 is 27.7 Å². The van der Waals surface area contributed by atoms with Gasteiger partial charge in [-0.05, 0) is 39.2 Å². The van der Waals surface area contributed by atoms with E-state index < -0.39 is 15.8 Å². The predicted molar refractivity (Wildman–Crippen MR) is 76.3 cm³/mol. The first-order valence-corrected chi connectivity index (χ1v) is 7.57. The number of fused-ring (bicyclic) bond motifs is 1. The van der Waals surface area contributed by atoms with E-state index in [0.717, 1.165) is 25.9 Å². The summed E-state index contributed by atoms with van der Waals surface area (Å²) in [6, 6.07) is 0. The third kappa shape index (κ3) is 2.17. The summed E-state index contributed by atoms with van der Waals surface area (Å²) in [6.07, 6.45) is 4.64. The van der Waals surface area contributed by atoms with Crippen LogP contribution in [0.2, 0.25) is 0 Å². The highest BCUT2D eigenvalue weighted by atomic mass is 79.9. The lowest BCUT2D eigenvalue weighted by molar-refractivity contribution is -0.154. The standard InChI is InChI=1S/C14H20BrNO3/c1-3-6-13-7-5-9-16(13)10-8-14(15,11(13)17)12(18)19-4-2/h3H,1,4-10H2,2H3/t13-,14?/m1/s1. The Bertz CT molecular complexity index is 411. The summed E-state index contributed by atoms with van der Waals surface area (Å²) in [6.45, 7) is 7.47. The van der Waals surface area contributed by atoms with Gasteiger partial charge in [0.2, 0.25) is 0 Å². The molecule has 5 heteroatoms. The molecule has 2 rings (SSSR count). The van der Waals surface area contributed by atoms with Gasteiger partial charge in [0.1, 0.15) is 0 Å². The number of carbonyl (C=O) groups excluding carboxylic acids is 2. The fraction of sp³-hybridized carbons (Fsp3) is 0.714. The number of alkyl halides is 1. The first-order chi connectivity index (χ1) is 9.01. The van der Waals surface area contributed by atoms with E-state index in [1.165, 1.54) is 0 Å². The van der Waals surface area contributed by atoms with E-state index >= 15 is 0 Å². The molecule has 0 aromatic heterocycles. The van der Waals surface area contributed by atoms with Gasteiger partial charge in [-0.1, -0.05) is 22.0 Å². The monoisotopic (exact) mass is 329 g/mol. The number of carbonyl (C=O) groups is 2. The molecule has 2 fully saturated rings. The van der Waals surface area contributed by atoms with Gasteiger partial charge in [-0.25, -0.2) is 0 Å². The maximum absolute atomic E-state index is 12.9. The second-order valence-corrected chi connectivity index (χ2v) is 6.57. The van der Waals surface area contributed by atoms with Crippen LogP contribution in [0.4, 0.5) is 0 Å². The molecular weight excluding hydrogens is 310 g/mol. The molecule has 1 unspecified atom stereocenters. The second-order valence-electron chi connectivity index (χ2n) is 5.22. The Hall–Kier alpha value is -0.680. The number of hydrogen-bond donors (Lipinski definition) is 0.